The minimum atomic E-state index is 0.319. The molecule has 5 heteroatoms. The van der Waals surface area contributed by atoms with Crippen molar-refractivity contribution in [2.45, 2.75) is 19.4 Å². The average Bonchev–Trinajstić information content (AvgIpc) is 2.82. The minimum absolute atomic E-state index is 0.319. The first-order chi connectivity index (χ1) is 8.81. The molecule has 100 valence electrons. The number of rotatable bonds is 7. The standard InChI is InChI=1S/C13H18BrNO2S/c1-18-5-3-2-4-15-8-10-6-11(14)13-12(7-10)16-9-17-13/h6-7,15H,2-5,8-9H2,1H3. The van der Waals surface area contributed by atoms with Gasteiger partial charge in [-0.1, -0.05) is 0 Å². The molecule has 2 rings (SSSR count). The number of nitrogens with one attached hydrogen (secondary N) is 1. The Labute approximate surface area is 121 Å². The lowest BCUT2D eigenvalue weighted by molar-refractivity contribution is 0.173. The van der Waals surface area contributed by atoms with Gasteiger partial charge in [0.1, 0.15) is 0 Å². The summed E-state index contributed by atoms with van der Waals surface area (Å²) in [6.07, 6.45) is 4.66. The monoisotopic (exact) mass is 331 g/mol. The Morgan fingerprint density at radius 1 is 1.33 bits per heavy atom. The molecule has 0 amide bonds. The zero-order chi connectivity index (χ0) is 12.8. The highest BCUT2D eigenvalue weighted by Crippen LogP contribution is 2.39. The molecule has 0 spiro atoms. The predicted molar refractivity (Wildman–Crippen MR) is 79.6 cm³/mol. The molecule has 18 heavy (non-hydrogen) atoms. The van der Waals surface area contributed by atoms with Crippen LogP contribution in [0.25, 0.3) is 0 Å². The van der Waals surface area contributed by atoms with Crippen molar-refractivity contribution in [3.05, 3.63) is 22.2 Å². The van der Waals surface area contributed by atoms with Crippen LogP contribution in [0.1, 0.15) is 18.4 Å². The average molecular weight is 332 g/mol. The maximum Gasteiger partial charge on any atom is 0.231 e. The van der Waals surface area contributed by atoms with E-state index in [4.69, 9.17) is 9.47 Å². The molecule has 0 atom stereocenters. The fraction of sp³-hybridized carbons (Fsp3) is 0.538. The van der Waals surface area contributed by atoms with Crippen molar-refractivity contribution in [2.24, 2.45) is 0 Å². The lowest BCUT2D eigenvalue weighted by Gasteiger charge is -2.07. The largest absolute Gasteiger partial charge is 0.454 e. The summed E-state index contributed by atoms with van der Waals surface area (Å²) in [6, 6.07) is 4.13. The summed E-state index contributed by atoms with van der Waals surface area (Å²) in [4.78, 5) is 0. The van der Waals surface area contributed by atoms with Crippen LogP contribution in [-0.2, 0) is 6.54 Å². The number of benzene rings is 1. The second kappa shape index (κ2) is 7.26. The molecule has 1 heterocycles. The lowest BCUT2D eigenvalue weighted by atomic mass is 10.2. The third-order valence-corrected chi connectivity index (χ3v) is 4.05. The summed E-state index contributed by atoms with van der Waals surface area (Å²) in [5.74, 6) is 2.90. The molecule has 0 aromatic heterocycles. The summed E-state index contributed by atoms with van der Waals surface area (Å²) in [5.41, 5.74) is 1.22. The van der Waals surface area contributed by atoms with E-state index in [0.717, 1.165) is 29.1 Å². The van der Waals surface area contributed by atoms with E-state index < -0.39 is 0 Å². The first-order valence-electron chi connectivity index (χ1n) is 6.09. The molecular weight excluding hydrogens is 314 g/mol. The zero-order valence-electron chi connectivity index (χ0n) is 10.5. The van der Waals surface area contributed by atoms with E-state index in [-0.39, 0.29) is 0 Å². The van der Waals surface area contributed by atoms with Crippen molar-refractivity contribution in [3.63, 3.8) is 0 Å². The molecule has 0 unspecified atom stereocenters. The maximum absolute atomic E-state index is 5.40. The number of ether oxygens (including phenoxy) is 2. The Morgan fingerprint density at radius 3 is 3.06 bits per heavy atom. The van der Waals surface area contributed by atoms with Crippen molar-refractivity contribution in [2.75, 3.05) is 25.3 Å². The van der Waals surface area contributed by atoms with Gasteiger partial charge in [-0.25, -0.2) is 0 Å². The third-order valence-electron chi connectivity index (χ3n) is 2.77. The van der Waals surface area contributed by atoms with E-state index >= 15 is 0 Å². The van der Waals surface area contributed by atoms with E-state index in [2.05, 4.69) is 33.6 Å². The summed E-state index contributed by atoms with van der Waals surface area (Å²) < 4.78 is 11.7. The highest BCUT2D eigenvalue weighted by molar-refractivity contribution is 9.10. The molecule has 0 aliphatic carbocycles. The van der Waals surface area contributed by atoms with Crippen molar-refractivity contribution in [1.29, 1.82) is 0 Å². The highest BCUT2D eigenvalue weighted by atomic mass is 79.9. The molecule has 1 aliphatic heterocycles. The second-order valence-corrected chi connectivity index (χ2v) is 6.03. The van der Waals surface area contributed by atoms with Gasteiger partial charge in [0.2, 0.25) is 6.79 Å². The summed E-state index contributed by atoms with van der Waals surface area (Å²) >= 11 is 5.41. The first kappa shape index (κ1) is 14.0. The van der Waals surface area contributed by atoms with Crippen molar-refractivity contribution < 1.29 is 9.47 Å². The van der Waals surface area contributed by atoms with Gasteiger partial charge >= 0.3 is 0 Å². The fourth-order valence-corrected chi connectivity index (χ4v) is 2.95. The smallest absolute Gasteiger partial charge is 0.231 e. The Kier molecular flexibility index (Phi) is 5.66. The predicted octanol–water partition coefficient (Wildman–Crippen LogP) is 3.41. The molecule has 1 aromatic rings. The van der Waals surface area contributed by atoms with Crippen molar-refractivity contribution in [1.82, 2.24) is 5.32 Å². The number of fused-ring (bicyclic) bond motifs is 1. The van der Waals surface area contributed by atoms with Gasteiger partial charge in [-0.05, 0) is 65.0 Å². The van der Waals surface area contributed by atoms with Gasteiger partial charge in [-0.3, -0.25) is 0 Å². The Hall–Kier alpha value is -0.390. The van der Waals surface area contributed by atoms with Crippen molar-refractivity contribution in [3.8, 4) is 11.5 Å². The second-order valence-electron chi connectivity index (χ2n) is 4.19. The molecule has 0 fully saturated rings. The van der Waals surface area contributed by atoms with E-state index in [1.165, 1.54) is 24.2 Å². The van der Waals surface area contributed by atoms with Crippen LogP contribution in [-0.4, -0.2) is 25.3 Å². The number of thioether (sulfide) groups is 1. The van der Waals surface area contributed by atoms with E-state index in [1.807, 2.05) is 17.8 Å². The molecule has 3 nitrogen and oxygen atoms in total. The number of hydrogen-bond acceptors (Lipinski definition) is 4. The van der Waals surface area contributed by atoms with E-state index in [9.17, 15) is 0 Å². The maximum atomic E-state index is 5.40. The number of unbranched alkanes of at least 4 members (excludes halogenated alkanes) is 1. The number of halogens is 1. The van der Waals surface area contributed by atoms with E-state index in [0.29, 0.717) is 6.79 Å². The molecule has 1 N–H and O–H groups in total. The Morgan fingerprint density at radius 2 is 2.22 bits per heavy atom. The van der Waals surface area contributed by atoms with Crippen LogP contribution in [0.4, 0.5) is 0 Å². The van der Waals surface area contributed by atoms with Crippen LogP contribution in [0, 0.1) is 0 Å². The molecule has 0 radical (unpaired) electrons. The van der Waals surface area contributed by atoms with Gasteiger partial charge in [0, 0.05) is 6.54 Å². The molecule has 0 saturated heterocycles. The van der Waals surface area contributed by atoms with Crippen LogP contribution in [0.5, 0.6) is 11.5 Å². The minimum Gasteiger partial charge on any atom is -0.454 e. The summed E-state index contributed by atoms with van der Waals surface area (Å²) in [6.45, 7) is 2.25. The lowest BCUT2D eigenvalue weighted by Crippen LogP contribution is -2.14. The van der Waals surface area contributed by atoms with Crippen molar-refractivity contribution >= 4 is 27.7 Å². The van der Waals surface area contributed by atoms with Gasteiger partial charge in [0.15, 0.2) is 11.5 Å². The number of hydrogen-bond donors (Lipinski definition) is 1. The molecule has 1 aromatic carbocycles. The van der Waals surface area contributed by atoms with Gasteiger partial charge in [0.25, 0.3) is 0 Å². The Bertz CT molecular complexity index is 401. The van der Waals surface area contributed by atoms with Gasteiger partial charge in [0.05, 0.1) is 4.47 Å². The molecular formula is C13H18BrNO2S. The van der Waals surface area contributed by atoms with Crippen LogP contribution in [0.2, 0.25) is 0 Å². The third kappa shape index (κ3) is 3.80. The van der Waals surface area contributed by atoms with Gasteiger partial charge in [-0.15, -0.1) is 0 Å². The highest BCUT2D eigenvalue weighted by Gasteiger charge is 2.17. The summed E-state index contributed by atoms with van der Waals surface area (Å²) in [5, 5.41) is 3.45. The van der Waals surface area contributed by atoms with Crippen LogP contribution in [0.15, 0.2) is 16.6 Å². The summed E-state index contributed by atoms with van der Waals surface area (Å²) in [7, 11) is 0. The molecule has 0 bridgehead atoms. The molecule has 0 saturated carbocycles. The molecule has 1 aliphatic rings. The normalized spacial score (nSPS) is 13.0. The topological polar surface area (TPSA) is 30.5 Å². The first-order valence-corrected chi connectivity index (χ1v) is 8.27. The Balaban J connectivity index is 1.78. The van der Waals surface area contributed by atoms with Crippen LogP contribution < -0.4 is 14.8 Å². The van der Waals surface area contributed by atoms with Crippen LogP contribution in [0.3, 0.4) is 0 Å². The zero-order valence-corrected chi connectivity index (χ0v) is 12.9. The van der Waals surface area contributed by atoms with Gasteiger partial charge < -0.3 is 14.8 Å². The van der Waals surface area contributed by atoms with Crippen LogP contribution >= 0.6 is 27.7 Å². The SMILES string of the molecule is CSCCCCNCc1cc(Br)c2c(c1)OCO2. The van der Waals surface area contributed by atoms with E-state index in [1.54, 1.807) is 0 Å². The quantitative estimate of drug-likeness (QED) is 0.775. The van der Waals surface area contributed by atoms with Gasteiger partial charge in [-0.2, -0.15) is 11.8 Å². The fourth-order valence-electron chi connectivity index (χ4n) is 1.85.